The first-order chi connectivity index (χ1) is 8.51. The van der Waals surface area contributed by atoms with Gasteiger partial charge in [0.1, 0.15) is 5.75 Å². The van der Waals surface area contributed by atoms with Crippen LogP contribution in [0.2, 0.25) is 0 Å². The van der Waals surface area contributed by atoms with E-state index in [2.05, 4.69) is 0 Å². The Bertz CT molecular complexity index is 394. The van der Waals surface area contributed by atoms with Crippen LogP contribution in [0.25, 0.3) is 0 Å². The first kappa shape index (κ1) is 14.7. The fourth-order valence-electron chi connectivity index (χ4n) is 2.07. The van der Waals surface area contributed by atoms with Gasteiger partial charge < -0.3 is 9.47 Å². The molecule has 1 unspecified atom stereocenters. The van der Waals surface area contributed by atoms with Crippen molar-refractivity contribution < 1.29 is 14.3 Å². The first-order valence-corrected chi connectivity index (χ1v) is 5.93. The van der Waals surface area contributed by atoms with Crippen molar-refractivity contribution >= 4 is 5.78 Å². The van der Waals surface area contributed by atoms with Gasteiger partial charge in [0.05, 0.1) is 7.11 Å². The summed E-state index contributed by atoms with van der Waals surface area (Å²) in [6, 6.07) is 7.07. The van der Waals surface area contributed by atoms with Crippen LogP contribution in [0.1, 0.15) is 23.7 Å². The van der Waals surface area contributed by atoms with Crippen LogP contribution < -0.4 is 4.74 Å². The SMILES string of the molecule is CCC(OC)(C(=O)c1ccc(OC)cc1)N(C)C. The number of hydrogen-bond donors (Lipinski definition) is 0. The van der Waals surface area contributed by atoms with Crippen molar-refractivity contribution in [1.29, 1.82) is 0 Å². The molecule has 0 saturated carbocycles. The summed E-state index contributed by atoms with van der Waals surface area (Å²) >= 11 is 0. The highest BCUT2D eigenvalue weighted by molar-refractivity contribution is 6.02. The summed E-state index contributed by atoms with van der Waals surface area (Å²) in [4.78, 5) is 14.4. The average molecular weight is 251 g/mol. The van der Waals surface area contributed by atoms with E-state index in [1.165, 1.54) is 0 Å². The molecule has 0 aromatic heterocycles. The number of nitrogens with zero attached hydrogens (tertiary/aromatic N) is 1. The molecular formula is C14H21NO3. The summed E-state index contributed by atoms with van der Waals surface area (Å²) in [5.41, 5.74) is -0.289. The summed E-state index contributed by atoms with van der Waals surface area (Å²) < 4.78 is 10.5. The average Bonchev–Trinajstić information content (AvgIpc) is 2.40. The molecule has 18 heavy (non-hydrogen) atoms. The van der Waals surface area contributed by atoms with Crippen LogP contribution in [-0.2, 0) is 4.74 Å². The maximum atomic E-state index is 12.6. The number of methoxy groups -OCH3 is 2. The monoisotopic (exact) mass is 251 g/mol. The maximum absolute atomic E-state index is 12.6. The number of benzene rings is 1. The molecule has 1 aromatic carbocycles. The van der Waals surface area contributed by atoms with Crippen LogP contribution in [0.3, 0.4) is 0 Å². The van der Waals surface area contributed by atoms with Gasteiger partial charge in [0.2, 0.25) is 5.78 Å². The normalized spacial score (nSPS) is 14.3. The predicted molar refractivity (Wildman–Crippen MR) is 71.0 cm³/mol. The third-order valence-electron chi connectivity index (χ3n) is 3.25. The Balaban J connectivity index is 3.09. The quantitative estimate of drug-likeness (QED) is 0.574. The van der Waals surface area contributed by atoms with Gasteiger partial charge in [-0.2, -0.15) is 0 Å². The van der Waals surface area contributed by atoms with E-state index in [0.717, 1.165) is 5.75 Å². The smallest absolute Gasteiger partial charge is 0.209 e. The Labute approximate surface area is 108 Å². The topological polar surface area (TPSA) is 38.8 Å². The van der Waals surface area contributed by atoms with Gasteiger partial charge in [0, 0.05) is 12.7 Å². The lowest BCUT2D eigenvalue weighted by Gasteiger charge is -2.36. The van der Waals surface area contributed by atoms with Gasteiger partial charge in [0.25, 0.3) is 0 Å². The lowest BCUT2D eigenvalue weighted by molar-refractivity contribution is -0.0839. The second kappa shape index (κ2) is 5.98. The third-order valence-corrected chi connectivity index (χ3v) is 3.25. The van der Waals surface area contributed by atoms with Crippen LogP contribution in [0.4, 0.5) is 0 Å². The molecule has 0 bridgehead atoms. The van der Waals surface area contributed by atoms with Crippen molar-refractivity contribution in [2.24, 2.45) is 0 Å². The zero-order chi connectivity index (χ0) is 13.8. The number of hydrogen-bond acceptors (Lipinski definition) is 4. The number of carbonyl (C=O) groups is 1. The standard InChI is InChI=1S/C14H21NO3/c1-6-14(18-5,15(2)3)13(16)11-7-9-12(17-4)10-8-11/h7-10H,6H2,1-5H3. The minimum absolute atomic E-state index is 0.0415. The molecule has 0 radical (unpaired) electrons. The van der Waals surface area contributed by atoms with Gasteiger partial charge in [-0.25, -0.2) is 0 Å². The van der Waals surface area contributed by atoms with E-state index in [1.54, 1.807) is 43.4 Å². The largest absolute Gasteiger partial charge is 0.497 e. The minimum Gasteiger partial charge on any atom is -0.497 e. The molecule has 0 aliphatic carbocycles. The highest BCUT2D eigenvalue weighted by atomic mass is 16.5. The molecule has 1 aromatic rings. The van der Waals surface area contributed by atoms with Crippen LogP contribution >= 0.6 is 0 Å². The fourth-order valence-corrected chi connectivity index (χ4v) is 2.07. The van der Waals surface area contributed by atoms with Crippen molar-refractivity contribution in [1.82, 2.24) is 4.90 Å². The Morgan fingerprint density at radius 3 is 2.11 bits per heavy atom. The number of carbonyl (C=O) groups excluding carboxylic acids is 1. The molecule has 0 saturated heterocycles. The van der Waals surface area contributed by atoms with Crippen LogP contribution in [0.5, 0.6) is 5.75 Å². The summed E-state index contributed by atoms with van der Waals surface area (Å²) in [6.45, 7) is 1.94. The van der Waals surface area contributed by atoms with Crippen molar-refractivity contribution in [3.63, 3.8) is 0 Å². The van der Waals surface area contributed by atoms with Gasteiger partial charge in [-0.3, -0.25) is 9.69 Å². The van der Waals surface area contributed by atoms with Gasteiger partial charge in [-0.05, 0) is 44.8 Å². The Hall–Kier alpha value is -1.39. The molecule has 0 aliphatic rings. The first-order valence-electron chi connectivity index (χ1n) is 5.93. The van der Waals surface area contributed by atoms with Crippen molar-refractivity contribution in [2.75, 3.05) is 28.3 Å². The second-order valence-corrected chi connectivity index (χ2v) is 4.29. The van der Waals surface area contributed by atoms with Crippen LogP contribution in [0.15, 0.2) is 24.3 Å². The molecule has 4 nitrogen and oxygen atoms in total. The number of Topliss-reactive ketones (excluding diaryl/α,β-unsaturated/α-hetero) is 1. The minimum atomic E-state index is -0.908. The molecule has 0 spiro atoms. The zero-order valence-electron chi connectivity index (χ0n) is 11.7. The molecule has 4 heteroatoms. The van der Waals surface area contributed by atoms with E-state index >= 15 is 0 Å². The summed E-state index contributed by atoms with van der Waals surface area (Å²) in [5, 5.41) is 0. The van der Waals surface area contributed by atoms with Crippen molar-refractivity contribution in [3.8, 4) is 5.75 Å². The van der Waals surface area contributed by atoms with Gasteiger partial charge in [-0.15, -0.1) is 0 Å². The Morgan fingerprint density at radius 1 is 1.22 bits per heavy atom. The van der Waals surface area contributed by atoms with E-state index < -0.39 is 5.72 Å². The van der Waals surface area contributed by atoms with Crippen molar-refractivity contribution in [2.45, 2.75) is 19.1 Å². The second-order valence-electron chi connectivity index (χ2n) is 4.29. The van der Waals surface area contributed by atoms with Gasteiger partial charge in [-0.1, -0.05) is 6.92 Å². The molecule has 0 fully saturated rings. The summed E-state index contributed by atoms with van der Waals surface area (Å²) in [7, 11) is 6.84. The number of ketones is 1. The molecular weight excluding hydrogens is 230 g/mol. The summed E-state index contributed by atoms with van der Waals surface area (Å²) in [5.74, 6) is 0.691. The van der Waals surface area contributed by atoms with E-state index in [9.17, 15) is 4.79 Å². The maximum Gasteiger partial charge on any atom is 0.209 e. The molecule has 0 heterocycles. The fraction of sp³-hybridized carbons (Fsp3) is 0.500. The lowest BCUT2D eigenvalue weighted by atomic mass is 9.97. The third kappa shape index (κ3) is 2.54. The molecule has 1 atom stereocenters. The number of ether oxygens (including phenoxy) is 2. The lowest BCUT2D eigenvalue weighted by Crippen LogP contribution is -2.52. The Morgan fingerprint density at radius 2 is 1.78 bits per heavy atom. The summed E-state index contributed by atoms with van der Waals surface area (Å²) in [6.07, 6.45) is 0.585. The molecule has 0 N–H and O–H groups in total. The predicted octanol–water partition coefficient (Wildman–Crippen LogP) is 2.19. The van der Waals surface area contributed by atoms with E-state index in [1.807, 2.05) is 21.0 Å². The van der Waals surface area contributed by atoms with E-state index in [4.69, 9.17) is 9.47 Å². The Kier molecular flexibility index (Phi) is 4.87. The van der Waals surface area contributed by atoms with Crippen LogP contribution in [-0.4, -0.2) is 44.7 Å². The zero-order valence-corrected chi connectivity index (χ0v) is 11.7. The number of rotatable bonds is 6. The highest BCUT2D eigenvalue weighted by Gasteiger charge is 2.39. The van der Waals surface area contributed by atoms with E-state index in [-0.39, 0.29) is 5.78 Å². The molecule has 0 aliphatic heterocycles. The molecule has 1 rings (SSSR count). The van der Waals surface area contributed by atoms with Crippen LogP contribution in [0, 0.1) is 0 Å². The van der Waals surface area contributed by atoms with E-state index in [0.29, 0.717) is 12.0 Å². The highest BCUT2D eigenvalue weighted by Crippen LogP contribution is 2.24. The van der Waals surface area contributed by atoms with Gasteiger partial charge in [0.15, 0.2) is 5.72 Å². The molecule has 0 amide bonds. The molecule has 100 valence electrons. The number of likely N-dealkylation sites (N-methyl/N-ethyl adjacent to an activating group) is 1. The van der Waals surface area contributed by atoms with Gasteiger partial charge >= 0.3 is 0 Å². The van der Waals surface area contributed by atoms with Crippen molar-refractivity contribution in [3.05, 3.63) is 29.8 Å².